The van der Waals surface area contributed by atoms with E-state index in [1.54, 1.807) is 12.4 Å². The van der Waals surface area contributed by atoms with Crippen LogP contribution in [0, 0.1) is 5.41 Å². The van der Waals surface area contributed by atoms with E-state index in [-0.39, 0.29) is 11.0 Å². The molecule has 0 radical (unpaired) electrons. The van der Waals surface area contributed by atoms with E-state index < -0.39 is 0 Å². The smallest absolute Gasteiger partial charge is 0.223 e. The van der Waals surface area contributed by atoms with Gasteiger partial charge in [0.2, 0.25) is 5.95 Å². The van der Waals surface area contributed by atoms with Crippen molar-refractivity contribution in [2.24, 2.45) is 5.41 Å². The maximum Gasteiger partial charge on any atom is 0.223 e. The standard InChI is InChI=1S/C12H22N4/c1-11(2,3)8-12(4,5)16-10-14-6-9(13)7-15-10/h6-7H,8,13H2,1-5H3,(H,14,15,16). The summed E-state index contributed by atoms with van der Waals surface area (Å²) in [6, 6.07) is 0. The second-order valence-electron chi connectivity index (χ2n) is 6.09. The number of nitrogens with two attached hydrogens (primary N) is 1. The number of nitrogen functional groups attached to an aromatic ring is 1. The number of hydrogen-bond donors (Lipinski definition) is 2. The van der Waals surface area contributed by atoms with Gasteiger partial charge in [0.1, 0.15) is 0 Å². The van der Waals surface area contributed by atoms with Crippen molar-refractivity contribution in [1.29, 1.82) is 0 Å². The molecule has 16 heavy (non-hydrogen) atoms. The van der Waals surface area contributed by atoms with E-state index in [0.717, 1.165) is 6.42 Å². The number of anilines is 2. The van der Waals surface area contributed by atoms with Gasteiger partial charge in [-0.2, -0.15) is 0 Å². The van der Waals surface area contributed by atoms with Gasteiger partial charge in [0.25, 0.3) is 0 Å². The average Bonchev–Trinajstić information content (AvgIpc) is 2.04. The molecule has 0 aliphatic rings. The van der Waals surface area contributed by atoms with Crippen LogP contribution in [-0.2, 0) is 0 Å². The topological polar surface area (TPSA) is 63.8 Å². The molecule has 90 valence electrons. The number of aromatic nitrogens is 2. The Kier molecular flexibility index (Phi) is 3.41. The predicted octanol–water partition coefficient (Wildman–Crippen LogP) is 2.69. The molecule has 0 atom stereocenters. The molecule has 4 heteroatoms. The summed E-state index contributed by atoms with van der Waals surface area (Å²) in [4.78, 5) is 8.29. The van der Waals surface area contributed by atoms with Gasteiger partial charge in [0.05, 0.1) is 18.1 Å². The van der Waals surface area contributed by atoms with Crippen LogP contribution in [0.15, 0.2) is 12.4 Å². The summed E-state index contributed by atoms with van der Waals surface area (Å²) in [6.07, 6.45) is 4.26. The van der Waals surface area contributed by atoms with Crippen LogP contribution in [0.25, 0.3) is 0 Å². The quantitative estimate of drug-likeness (QED) is 0.825. The summed E-state index contributed by atoms with van der Waals surface area (Å²) >= 11 is 0. The molecule has 0 amide bonds. The molecule has 3 N–H and O–H groups in total. The van der Waals surface area contributed by atoms with Crippen molar-refractivity contribution < 1.29 is 0 Å². The fourth-order valence-electron chi connectivity index (χ4n) is 2.08. The molecule has 0 saturated carbocycles. The highest BCUT2D eigenvalue weighted by molar-refractivity contribution is 5.37. The third-order valence-electron chi connectivity index (χ3n) is 2.09. The van der Waals surface area contributed by atoms with Crippen LogP contribution in [0.3, 0.4) is 0 Å². The van der Waals surface area contributed by atoms with Gasteiger partial charge in [-0.25, -0.2) is 9.97 Å². The zero-order valence-corrected chi connectivity index (χ0v) is 10.8. The van der Waals surface area contributed by atoms with Crippen LogP contribution in [0.2, 0.25) is 0 Å². The Morgan fingerprint density at radius 1 is 1.12 bits per heavy atom. The van der Waals surface area contributed by atoms with E-state index in [0.29, 0.717) is 11.6 Å². The molecule has 1 aromatic heterocycles. The first-order valence-corrected chi connectivity index (χ1v) is 5.54. The Hall–Kier alpha value is -1.32. The maximum absolute atomic E-state index is 5.54. The molecule has 1 aromatic rings. The van der Waals surface area contributed by atoms with E-state index in [9.17, 15) is 0 Å². The number of rotatable bonds is 3. The van der Waals surface area contributed by atoms with Gasteiger partial charge in [-0.3, -0.25) is 0 Å². The zero-order chi connectivity index (χ0) is 12.4. The van der Waals surface area contributed by atoms with Crippen molar-refractivity contribution in [1.82, 2.24) is 9.97 Å². The van der Waals surface area contributed by atoms with Gasteiger partial charge in [-0.05, 0) is 25.7 Å². The lowest BCUT2D eigenvalue weighted by Gasteiger charge is -2.33. The molecule has 0 spiro atoms. The molecule has 1 rings (SSSR count). The summed E-state index contributed by atoms with van der Waals surface area (Å²) in [5.74, 6) is 0.628. The zero-order valence-electron chi connectivity index (χ0n) is 10.8. The second kappa shape index (κ2) is 4.28. The predicted molar refractivity (Wildman–Crippen MR) is 68.2 cm³/mol. The van der Waals surface area contributed by atoms with Crippen LogP contribution in [-0.4, -0.2) is 15.5 Å². The molecule has 0 fully saturated rings. The molecule has 0 aromatic carbocycles. The minimum absolute atomic E-state index is 0.0334. The van der Waals surface area contributed by atoms with Gasteiger partial charge < -0.3 is 11.1 Å². The fourth-order valence-corrected chi connectivity index (χ4v) is 2.08. The van der Waals surface area contributed by atoms with Gasteiger partial charge in [0.15, 0.2) is 0 Å². The van der Waals surface area contributed by atoms with E-state index in [4.69, 9.17) is 5.73 Å². The van der Waals surface area contributed by atoms with Crippen molar-refractivity contribution in [3.05, 3.63) is 12.4 Å². The van der Waals surface area contributed by atoms with E-state index >= 15 is 0 Å². The van der Waals surface area contributed by atoms with Gasteiger partial charge in [-0.1, -0.05) is 20.8 Å². The number of nitrogens with zero attached hydrogens (tertiary/aromatic N) is 2. The van der Waals surface area contributed by atoms with Crippen molar-refractivity contribution in [2.75, 3.05) is 11.1 Å². The monoisotopic (exact) mass is 222 g/mol. The minimum Gasteiger partial charge on any atom is -0.396 e. The molecule has 0 aliphatic heterocycles. The summed E-state index contributed by atoms with van der Waals surface area (Å²) in [5.41, 5.74) is 6.36. The first-order chi connectivity index (χ1) is 7.18. The fraction of sp³-hybridized carbons (Fsp3) is 0.667. The summed E-state index contributed by atoms with van der Waals surface area (Å²) < 4.78 is 0. The molecule has 0 bridgehead atoms. The third-order valence-corrected chi connectivity index (χ3v) is 2.09. The molecular formula is C12H22N4. The molecule has 0 aliphatic carbocycles. The van der Waals surface area contributed by atoms with Gasteiger partial charge >= 0.3 is 0 Å². The molecular weight excluding hydrogens is 200 g/mol. The molecule has 1 heterocycles. The second-order valence-corrected chi connectivity index (χ2v) is 6.09. The Bertz CT molecular complexity index is 335. The minimum atomic E-state index is -0.0334. The maximum atomic E-state index is 5.54. The van der Waals surface area contributed by atoms with Crippen molar-refractivity contribution in [3.8, 4) is 0 Å². The van der Waals surface area contributed by atoms with Crippen molar-refractivity contribution in [2.45, 2.75) is 46.6 Å². The Balaban J connectivity index is 2.69. The van der Waals surface area contributed by atoms with Crippen LogP contribution in [0.1, 0.15) is 41.0 Å². The Morgan fingerprint density at radius 2 is 1.62 bits per heavy atom. The lowest BCUT2D eigenvalue weighted by atomic mass is 9.82. The van der Waals surface area contributed by atoms with Crippen LogP contribution in [0.5, 0.6) is 0 Å². The lowest BCUT2D eigenvalue weighted by Crippen LogP contribution is -2.36. The largest absolute Gasteiger partial charge is 0.396 e. The summed E-state index contributed by atoms with van der Waals surface area (Å²) in [7, 11) is 0. The third kappa shape index (κ3) is 4.47. The molecule has 0 saturated heterocycles. The highest BCUT2D eigenvalue weighted by atomic mass is 15.1. The van der Waals surface area contributed by atoms with Crippen LogP contribution < -0.4 is 11.1 Å². The van der Waals surface area contributed by atoms with Gasteiger partial charge in [0, 0.05) is 5.54 Å². The van der Waals surface area contributed by atoms with E-state index in [1.807, 2.05) is 0 Å². The first kappa shape index (κ1) is 12.7. The van der Waals surface area contributed by atoms with Crippen LogP contribution >= 0.6 is 0 Å². The SMILES string of the molecule is CC(C)(C)CC(C)(C)Nc1ncc(N)cn1. The van der Waals surface area contributed by atoms with Crippen molar-refractivity contribution in [3.63, 3.8) is 0 Å². The highest BCUT2D eigenvalue weighted by Gasteiger charge is 2.25. The molecule has 0 unspecified atom stereocenters. The summed E-state index contributed by atoms with van der Waals surface area (Å²) in [6.45, 7) is 11.0. The Morgan fingerprint density at radius 3 is 2.06 bits per heavy atom. The summed E-state index contributed by atoms with van der Waals surface area (Å²) in [5, 5.41) is 3.32. The normalized spacial score (nSPS) is 12.6. The molecule has 4 nitrogen and oxygen atoms in total. The van der Waals surface area contributed by atoms with Crippen LogP contribution in [0.4, 0.5) is 11.6 Å². The van der Waals surface area contributed by atoms with Gasteiger partial charge in [-0.15, -0.1) is 0 Å². The van der Waals surface area contributed by atoms with E-state index in [1.165, 1.54) is 0 Å². The average molecular weight is 222 g/mol. The number of nitrogens with one attached hydrogen (secondary N) is 1. The van der Waals surface area contributed by atoms with E-state index in [2.05, 4.69) is 49.9 Å². The number of hydrogen-bond acceptors (Lipinski definition) is 4. The Labute approximate surface area is 97.7 Å². The van der Waals surface area contributed by atoms with Crippen molar-refractivity contribution >= 4 is 11.6 Å². The highest BCUT2D eigenvalue weighted by Crippen LogP contribution is 2.28. The lowest BCUT2D eigenvalue weighted by molar-refractivity contribution is 0.301. The first-order valence-electron chi connectivity index (χ1n) is 5.54.